The SMILES string of the molecule is O=C(O)c1ccccc1CNS(=O)(=O)c1ccc2c(c1)OCCO2. The van der Waals surface area contributed by atoms with Gasteiger partial charge >= 0.3 is 5.97 Å². The van der Waals surface area contributed by atoms with Gasteiger partial charge in [-0.15, -0.1) is 0 Å². The highest BCUT2D eigenvalue weighted by Crippen LogP contribution is 2.32. The van der Waals surface area contributed by atoms with Crippen LogP contribution in [-0.2, 0) is 16.6 Å². The van der Waals surface area contributed by atoms with Crippen LogP contribution < -0.4 is 14.2 Å². The highest BCUT2D eigenvalue weighted by molar-refractivity contribution is 7.89. The summed E-state index contributed by atoms with van der Waals surface area (Å²) in [5, 5.41) is 9.14. The van der Waals surface area contributed by atoms with Crippen LogP contribution in [-0.4, -0.2) is 32.7 Å². The molecule has 0 aromatic heterocycles. The van der Waals surface area contributed by atoms with E-state index in [4.69, 9.17) is 14.6 Å². The molecular formula is C16H15NO6S. The lowest BCUT2D eigenvalue weighted by Crippen LogP contribution is -2.24. The Labute approximate surface area is 138 Å². The molecule has 0 fully saturated rings. The molecule has 3 rings (SSSR count). The van der Waals surface area contributed by atoms with Crippen molar-refractivity contribution in [1.29, 1.82) is 0 Å². The highest BCUT2D eigenvalue weighted by atomic mass is 32.2. The Morgan fingerprint density at radius 2 is 1.79 bits per heavy atom. The lowest BCUT2D eigenvalue weighted by atomic mass is 10.1. The first kappa shape index (κ1) is 16.3. The molecule has 0 spiro atoms. The van der Waals surface area contributed by atoms with Crippen LogP contribution in [0.4, 0.5) is 0 Å². The number of sulfonamides is 1. The van der Waals surface area contributed by atoms with Crippen molar-refractivity contribution in [2.75, 3.05) is 13.2 Å². The first-order valence-corrected chi connectivity index (χ1v) is 8.66. The predicted molar refractivity (Wildman–Crippen MR) is 84.9 cm³/mol. The van der Waals surface area contributed by atoms with E-state index in [0.717, 1.165) is 0 Å². The fourth-order valence-electron chi connectivity index (χ4n) is 2.33. The monoisotopic (exact) mass is 349 g/mol. The maximum absolute atomic E-state index is 12.4. The molecule has 2 aromatic carbocycles. The minimum absolute atomic E-state index is 0.0274. The number of fused-ring (bicyclic) bond motifs is 1. The number of aromatic carboxylic acids is 1. The topological polar surface area (TPSA) is 102 Å². The Morgan fingerprint density at radius 1 is 1.08 bits per heavy atom. The third-order valence-corrected chi connectivity index (χ3v) is 4.92. The van der Waals surface area contributed by atoms with Crippen molar-refractivity contribution >= 4 is 16.0 Å². The quantitative estimate of drug-likeness (QED) is 0.851. The van der Waals surface area contributed by atoms with Crippen molar-refractivity contribution in [2.24, 2.45) is 0 Å². The molecular weight excluding hydrogens is 334 g/mol. The molecule has 126 valence electrons. The second kappa shape index (κ2) is 6.50. The zero-order valence-corrected chi connectivity index (χ0v) is 13.4. The van der Waals surface area contributed by atoms with Crippen LogP contribution in [0, 0.1) is 0 Å². The second-order valence-corrected chi connectivity index (χ2v) is 6.86. The van der Waals surface area contributed by atoms with E-state index in [9.17, 15) is 13.2 Å². The van der Waals surface area contributed by atoms with Gasteiger partial charge in [0.05, 0.1) is 10.5 Å². The molecule has 0 unspecified atom stereocenters. The van der Waals surface area contributed by atoms with Gasteiger partial charge in [-0.1, -0.05) is 18.2 Å². The van der Waals surface area contributed by atoms with Gasteiger partial charge in [-0.3, -0.25) is 0 Å². The van der Waals surface area contributed by atoms with Crippen LogP contribution in [0.2, 0.25) is 0 Å². The van der Waals surface area contributed by atoms with E-state index in [-0.39, 0.29) is 17.0 Å². The molecule has 8 heteroatoms. The molecule has 7 nitrogen and oxygen atoms in total. The molecule has 0 amide bonds. The third-order valence-electron chi connectivity index (χ3n) is 3.52. The van der Waals surface area contributed by atoms with E-state index in [0.29, 0.717) is 30.3 Å². The minimum atomic E-state index is -3.81. The Bertz CT molecular complexity index is 878. The number of hydrogen-bond donors (Lipinski definition) is 2. The standard InChI is InChI=1S/C16H15NO6S/c18-16(19)13-4-2-1-3-11(13)10-17-24(20,21)12-5-6-14-15(9-12)23-8-7-22-14/h1-6,9,17H,7-8,10H2,(H,18,19). The molecule has 0 atom stereocenters. The molecule has 1 aliphatic rings. The van der Waals surface area contributed by atoms with Crippen molar-refractivity contribution < 1.29 is 27.8 Å². The van der Waals surface area contributed by atoms with Crippen LogP contribution in [0.1, 0.15) is 15.9 Å². The average Bonchev–Trinajstić information content (AvgIpc) is 2.59. The smallest absolute Gasteiger partial charge is 0.336 e. The van der Waals surface area contributed by atoms with Crippen molar-refractivity contribution in [3.63, 3.8) is 0 Å². The van der Waals surface area contributed by atoms with Gasteiger partial charge in [0.2, 0.25) is 10.0 Å². The first-order valence-electron chi connectivity index (χ1n) is 7.18. The normalized spacial score (nSPS) is 13.5. The number of hydrogen-bond acceptors (Lipinski definition) is 5. The molecule has 0 radical (unpaired) electrons. The molecule has 0 bridgehead atoms. The van der Waals surface area contributed by atoms with E-state index in [1.54, 1.807) is 18.2 Å². The van der Waals surface area contributed by atoms with Gasteiger partial charge < -0.3 is 14.6 Å². The van der Waals surface area contributed by atoms with Gasteiger partial charge in [0.25, 0.3) is 0 Å². The number of rotatable bonds is 5. The van der Waals surface area contributed by atoms with Gasteiger partial charge in [-0.05, 0) is 23.8 Å². The Balaban J connectivity index is 1.81. The largest absolute Gasteiger partial charge is 0.486 e. The van der Waals surface area contributed by atoms with E-state index in [1.165, 1.54) is 24.3 Å². The summed E-state index contributed by atoms with van der Waals surface area (Å²) in [7, 11) is -3.81. The fraction of sp³-hybridized carbons (Fsp3) is 0.188. The number of carbonyl (C=O) groups is 1. The summed E-state index contributed by atoms with van der Waals surface area (Å²) < 4.78 is 38.0. The Morgan fingerprint density at radius 3 is 2.54 bits per heavy atom. The molecule has 24 heavy (non-hydrogen) atoms. The molecule has 0 aliphatic carbocycles. The minimum Gasteiger partial charge on any atom is -0.486 e. The molecule has 0 saturated carbocycles. The summed E-state index contributed by atoms with van der Waals surface area (Å²) in [6.45, 7) is 0.651. The molecule has 1 aliphatic heterocycles. The Kier molecular flexibility index (Phi) is 4.41. The summed E-state index contributed by atoms with van der Waals surface area (Å²) in [4.78, 5) is 11.2. The van der Waals surface area contributed by atoms with Gasteiger partial charge in [-0.2, -0.15) is 0 Å². The lowest BCUT2D eigenvalue weighted by molar-refractivity contribution is 0.0695. The van der Waals surface area contributed by atoms with Crippen molar-refractivity contribution in [3.8, 4) is 11.5 Å². The zero-order chi connectivity index (χ0) is 17.2. The summed E-state index contributed by atoms with van der Waals surface area (Å²) in [6.07, 6.45) is 0. The molecule has 0 saturated heterocycles. The van der Waals surface area contributed by atoms with Crippen LogP contribution in [0.3, 0.4) is 0 Å². The van der Waals surface area contributed by atoms with Crippen LogP contribution in [0.15, 0.2) is 47.4 Å². The van der Waals surface area contributed by atoms with Crippen LogP contribution in [0.5, 0.6) is 11.5 Å². The fourth-order valence-corrected chi connectivity index (χ4v) is 3.35. The third kappa shape index (κ3) is 3.34. The molecule has 2 aromatic rings. The van der Waals surface area contributed by atoms with Crippen LogP contribution in [0.25, 0.3) is 0 Å². The van der Waals surface area contributed by atoms with E-state index in [1.807, 2.05) is 0 Å². The highest BCUT2D eigenvalue weighted by Gasteiger charge is 2.20. The van der Waals surface area contributed by atoms with E-state index < -0.39 is 16.0 Å². The number of carboxylic acids is 1. The van der Waals surface area contributed by atoms with Gasteiger partial charge in [-0.25, -0.2) is 17.9 Å². The number of ether oxygens (including phenoxy) is 2. The Hall–Kier alpha value is -2.58. The molecule has 1 heterocycles. The second-order valence-electron chi connectivity index (χ2n) is 5.09. The zero-order valence-electron chi connectivity index (χ0n) is 12.6. The summed E-state index contributed by atoms with van der Waals surface area (Å²) in [5.41, 5.74) is 0.438. The van der Waals surface area contributed by atoms with Gasteiger partial charge in [0.15, 0.2) is 11.5 Å². The molecule has 2 N–H and O–H groups in total. The number of benzene rings is 2. The summed E-state index contributed by atoms with van der Waals surface area (Å²) in [6, 6.07) is 10.6. The van der Waals surface area contributed by atoms with E-state index >= 15 is 0 Å². The van der Waals surface area contributed by atoms with Gasteiger partial charge in [0.1, 0.15) is 13.2 Å². The lowest BCUT2D eigenvalue weighted by Gasteiger charge is -2.19. The first-order chi connectivity index (χ1) is 11.5. The van der Waals surface area contributed by atoms with Crippen LogP contribution >= 0.6 is 0 Å². The maximum Gasteiger partial charge on any atom is 0.336 e. The van der Waals surface area contributed by atoms with E-state index in [2.05, 4.69) is 4.72 Å². The average molecular weight is 349 g/mol. The summed E-state index contributed by atoms with van der Waals surface area (Å²) >= 11 is 0. The number of nitrogens with one attached hydrogen (secondary N) is 1. The van der Waals surface area contributed by atoms with Gasteiger partial charge in [0, 0.05) is 12.6 Å². The maximum atomic E-state index is 12.4. The van der Waals surface area contributed by atoms with Crippen molar-refractivity contribution in [2.45, 2.75) is 11.4 Å². The summed E-state index contributed by atoms with van der Waals surface area (Å²) in [5.74, 6) is -0.240. The van der Waals surface area contributed by atoms with Crippen molar-refractivity contribution in [1.82, 2.24) is 4.72 Å². The predicted octanol–water partition coefficient (Wildman–Crippen LogP) is 1.63. The number of carboxylic acid groups (broad SMARTS) is 1. The van der Waals surface area contributed by atoms with Crippen molar-refractivity contribution in [3.05, 3.63) is 53.6 Å².